The van der Waals surface area contributed by atoms with E-state index in [0.717, 1.165) is 25.9 Å². The number of piperidine rings is 1. The summed E-state index contributed by atoms with van der Waals surface area (Å²) in [5, 5.41) is 3.26. The third kappa shape index (κ3) is 6.02. The second-order valence-corrected chi connectivity index (χ2v) is 7.10. The Kier molecular flexibility index (Phi) is 5.39. The number of rotatable bonds is 5. The van der Waals surface area contributed by atoms with E-state index in [4.69, 9.17) is 0 Å². The van der Waals surface area contributed by atoms with Crippen LogP contribution in [0, 0.1) is 5.92 Å². The number of amides is 1. The molecule has 1 rings (SSSR count). The Morgan fingerprint density at radius 2 is 1.94 bits per heavy atom. The van der Waals surface area contributed by atoms with Crippen LogP contribution in [0.15, 0.2) is 0 Å². The van der Waals surface area contributed by atoms with Gasteiger partial charge in [0.05, 0.1) is 5.75 Å². The lowest BCUT2D eigenvalue weighted by Gasteiger charge is -2.24. The van der Waals surface area contributed by atoms with Gasteiger partial charge in [0.1, 0.15) is 9.84 Å². The molecule has 0 saturated carbocycles. The van der Waals surface area contributed by atoms with E-state index >= 15 is 0 Å². The second-order valence-electron chi connectivity index (χ2n) is 4.84. The van der Waals surface area contributed by atoms with Gasteiger partial charge in [0.15, 0.2) is 0 Å². The van der Waals surface area contributed by atoms with Gasteiger partial charge in [-0.3, -0.25) is 4.79 Å². The molecule has 0 bridgehead atoms. The lowest BCUT2D eigenvalue weighted by Crippen LogP contribution is -2.35. The third-order valence-electron chi connectivity index (χ3n) is 3.15. The molecule has 6 heteroatoms. The Morgan fingerprint density at radius 3 is 2.47 bits per heavy atom. The van der Waals surface area contributed by atoms with Crippen molar-refractivity contribution in [3.8, 4) is 0 Å². The van der Waals surface area contributed by atoms with Crippen molar-refractivity contribution in [1.82, 2.24) is 10.2 Å². The zero-order valence-corrected chi connectivity index (χ0v) is 11.4. The number of nitrogens with one attached hydrogen (secondary N) is 1. The minimum atomic E-state index is -2.99. The Labute approximate surface area is 103 Å². The van der Waals surface area contributed by atoms with E-state index in [9.17, 15) is 13.2 Å². The number of hydrogen-bond acceptors (Lipinski definition) is 4. The summed E-state index contributed by atoms with van der Waals surface area (Å²) >= 11 is 0. The van der Waals surface area contributed by atoms with Gasteiger partial charge in [0, 0.05) is 26.3 Å². The normalized spacial score (nSPS) is 18.0. The molecular formula is C11H22N2O3S. The molecule has 1 fully saturated rings. The highest BCUT2D eigenvalue weighted by Crippen LogP contribution is 2.16. The summed E-state index contributed by atoms with van der Waals surface area (Å²) in [5.74, 6) is 0.548. The van der Waals surface area contributed by atoms with E-state index in [0.29, 0.717) is 18.9 Å². The van der Waals surface area contributed by atoms with E-state index in [1.807, 2.05) is 0 Å². The lowest BCUT2D eigenvalue weighted by molar-refractivity contribution is -0.130. The van der Waals surface area contributed by atoms with Gasteiger partial charge in [-0.2, -0.15) is 0 Å². The van der Waals surface area contributed by atoms with E-state index in [-0.39, 0.29) is 11.7 Å². The minimum Gasteiger partial charge on any atom is -0.345 e. The van der Waals surface area contributed by atoms with Crippen LogP contribution < -0.4 is 5.32 Å². The van der Waals surface area contributed by atoms with Gasteiger partial charge < -0.3 is 10.2 Å². The average molecular weight is 262 g/mol. The summed E-state index contributed by atoms with van der Waals surface area (Å²) in [6.07, 6.45) is 3.80. The Bertz CT molecular complexity index is 348. The van der Waals surface area contributed by atoms with E-state index in [1.54, 1.807) is 7.05 Å². The van der Waals surface area contributed by atoms with Gasteiger partial charge >= 0.3 is 0 Å². The van der Waals surface area contributed by atoms with Crippen LogP contribution in [0.1, 0.15) is 19.3 Å². The van der Waals surface area contributed by atoms with Gasteiger partial charge in [-0.15, -0.1) is 0 Å². The minimum absolute atomic E-state index is 0.0431. The van der Waals surface area contributed by atoms with Crippen molar-refractivity contribution in [3.63, 3.8) is 0 Å². The standard InChI is InChI=1S/C11H22N2O3S/c1-13(7-8-17(2,15)16)11(14)9-10-3-5-12-6-4-10/h10,12H,3-9H2,1-2H3. The van der Waals surface area contributed by atoms with E-state index in [1.165, 1.54) is 11.2 Å². The Morgan fingerprint density at radius 1 is 1.35 bits per heavy atom. The molecule has 0 radical (unpaired) electrons. The molecule has 1 aliphatic heterocycles. The van der Waals surface area contributed by atoms with Crippen LogP contribution in [0.2, 0.25) is 0 Å². The number of nitrogens with zero attached hydrogens (tertiary/aromatic N) is 1. The SMILES string of the molecule is CN(CCS(C)(=O)=O)C(=O)CC1CCNCC1. The summed E-state index contributed by atoms with van der Waals surface area (Å²) < 4.78 is 22.0. The van der Waals surface area contributed by atoms with Crippen LogP contribution in [0.4, 0.5) is 0 Å². The van der Waals surface area contributed by atoms with Crippen molar-refractivity contribution in [1.29, 1.82) is 0 Å². The third-order valence-corrected chi connectivity index (χ3v) is 4.07. The van der Waals surface area contributed by atoms with Gasteiger partial charge in [-0.1, -0.05) is 0 Å². The molecule has 17 heavy (non-hydrogen) atoms. The van der Waals surface area contributed by atoms with Crippen LogP contribution >= 0.6 is 0 Å². The fourth-order valence-electron chi connectivity index (χ4n) is 1.92. The predicted molar refractivity (Wildman–Crippen MR) is 67.6 cm³/mol. The molecule has 0 spiro atoms. The summed E-state index contributed by atoms with van der Waals surface area (Å²) in [7, 11) is -1.31. The summed E-state index contributed by atoms with van der Waals surface area (Å²) in [4.78, 5) is 13.4. The van der Waals surface area contributed by atoms with Crippen molar-refractivity contribution in [2.45, 2.75) is 19.3 Å². The van der Waals surface area contributed by atoms with Crippen LogP contribution in [0.3, 0.4) is 0 Å². The highest BCUT2D eigenvalue weighted by molar-refractivity contribution is 7.90. The molecule has 0 aromatic carbocycles. The van der Waals surface area contributed by atoms with Crippen LogP contribution in [0.5, 0.6) is 0 Å². The monoisotopic (exact) mass is 262 g/mol. The highest BCUT2D eigenvalue weighted by atomic mass is 32.2. The molecule has 1 saturated heterocycles. The van der Waals surface area contributed by atoms with Crippen molar-refractivity contribution < 1.29 is 13.2 Å². The first-order valence-electron chi connectivity index (χ1n) is 6.01. The highest BCUT2D eigenvalue weighted by Gasteiger charge is 2.19. The second kappa shape index (κ2) is 6.35. The predicted octanol–water partition coefficient (Wildman–Crippen LogP) is -0.121. The molecule has 0 aromatic rings. The maximum absolute atomic E-state index is 11.8. The van der Waals surface area contributed by atoms with Gasteiger partial charge in [0.25, 0.3) is 0 Å². The smallest absolute Gasteiger partial charge is 0.222 e. The summed E-state index contributed by atoms with van der Waals surface area (Å²) in [6, 6.07) is 0. The molecule has 1 N–H and O–H groups in total. The van der Waals surface area contributed by atoms with E-state index in [2.05, 4.69) is 5.32 Å². The maximum Gasteiger partial charge on any atom is 0.222 e. The number of sulfone groups is 1. The van der Waals surface area contributed by atoms with Gasteiger partial charge in [0.2, 0.25) is 5.91 Å². The molecule has 1 amide bonds. The fourth-order valence-corrected chi connectivity index (χ4v) is 2.52. The van der Waals surface area contributed by atoms with Crippen molar-refractivity contribution in [2.24, 2.45) is 5.92 Å². The molecule has 0 aromatic heterocycles. The topological polar surface area (TPSA) is 66.5 Å². The first-order chi connectivity index (χ1) is 7.88. The lowest BCUT2D eigenvalue weighted by atomic mass is 9.94. The maximum atomic E-state index is 11.8. The Hall–Kier alpha value is -0.620. The van der Waals surface area contributed by atoms with Crippen molar-refractivity contribution in [2.75, 3.05) is 38.7 Å². The fraction of sp³-hybridized carbons (Fsp3) is 0.909. The van der Waals surface area contributed by atoms with Crippen molar-refractivity contribution in [3.05, 3.63) is 0 Å². The van der Waals surface area contributed by atoms with Crippen LogP contribution in [-0.4, -0.2) is 57.9 Å². The van der Waals surface area contributed by atoms with Crippen LogP contribution in [-0.2, 0) is 14.6 Å². The molecule has 5 nitrogen and oxygen atoms in total. The molecule has 1 heterocycles. The molecule has 0 unspecified atom stereocenters. The molecule has 0 atom stereocenters. The number of hydrogen-bond donors (Lipinski definition) is 1. The summed E-state index contributed by atoms with van der Waals surface area (Å²) in [5.41, 5.74) is 0. The number of carbonyl (C=O) groups excluding carboxylic acids is 1. The molecule has 0 aliphatic carbocycles. The molecular weight excluding hydrogens is 240 g/mol. The quantitative estimate of drug-likeness (QED) is 0.750. The summed E-state index contributed by atoms with van der Waals surface area (Å²) in [6.45, 7) is 2.25. The van der Waals surface area contributed by atoms with Gasteiger partial charge in [-0.25, -0.2) is 8.42 Å². The molecule has 100 valence electrons. The van der Waals surface area contributed by atoms with Crippen LogP contribution in [0.25, 0.3) is 0 Å². The first-order valence-corrected chi connectivity index (χ1v) is 8.07. The first kappa shape index (κ1) is 14.4. The largest absolute Gasteiger partial charge is 0.345 e. The zero-order chi connectivity index (χ0) is 12.9. The Balaban J connectivity index is 2.30. The van der Waals surface area contributed by atoms with E-state index < -0.39 is 9.84 Å². The average Bonchev–Trinajstić information content (AvgIpc) is 2.26. The number of carbonyl (C=O) groups is 1. The van der Waals surface area contributed by atoms with Crippen molar-refractivity contribution >= 4 is 15.7 Å². The van der Waals surface area contributed by atoms with Gasteiger partial charge in [-0.05, 0) is 31.8 Å². The molecule has 1 aliphatic rings. The zero-order valence-electron chi connectivity index (χ0n) is 10.6.